The zero-order valence-electron chi connectivity index (χ0n) is 8.41. The van der Waals surface area contributed by atoms with E-state index in [0.717, 1.165) is 25.9 Å². The first-order chi connectivity index (χ1) is 6.79. The number of halogens is 1. The summed E-state index contributed by atoms with van der Waals surface area (Å²) in [5, 5.41) is 3.22. The van der Waals surface area contributed by atoms with Crippen molar-refractivity contribution in [2.75, 3.05) is 13.1 Å². The highest BCUT2D eigenvalue weighted by atomic mass is 19.1. The minimum atomic E-state index is -0.928. The van der Waals surface area contributed by atoms with E-state index in [1.54, 1.807) is 17.0 Å². The lowest BCUT2D eigenvalue weighted by atomic mass is 9.94. The van der Waals surface area contributed by atoms with Crippen LogP contribution in [0.15, 0.2) is 12.4 Å². The summed E-state index contributed by atoms with van der Waals surface area (Å²) in [5.41, 5.74) is 0. The van der Waals surface area contributed by atoms with Gasteiger partial charge in [-0.05, 0) is 19.4 Å². The van der Waals surface area contributed by atoms with Crippen LogP contribution >= 0.6 is 0 Å². The predicted octanol–water partition coefficient (Wildman–Crippen LogP) is 1.43. The minimum Gasteiger partial charge on any atom is -0.336 e. The lowest BCUT2D eigenvalue weighted by Crippen LogP contribution is -2.32. The maximum absolute atomic E-state index is 14.0. The quantitative estimate of drug-likeness (QED) is 0.777. The summed E-state index contributed by atoms with van der Waals surface area (Å²) < 4.78 is 15.8. The molecule has 2 rings (SSSR count). The predicted molar refractivity (Wildman–Crippen MR) is 52.7 cm³/mol. The normalized spacial score (nSPS) is 24.9. The van der Waals surface area contributed by atoms with Crippen LogP contribution in [0.5, 0.6) is 0 Å². The molecule has 0 spiro atoms. The first-order valence-corrected chi connectivity index (χ1v) is 5.11. The van der Waals surface area contributed by atoms with Gasteiger partial charge in [-0.3, -0.25) is 0 Å². The molecule has 1 fully saturated rings. The van der Waals surface area contributed by atoms with Crippen molar-refractivity contribution in [1.29, 1.82) is 0 Å². The molecule has 3 nitrogen and oxygen atoms in total. The molecule has 1 aliphatic heterocycles. The fourth-order valence-corrected chi connectivity index (χ4v) is 1.98. The molecule has 0 aliphatic carbocycles. The van der Waals surface area contributed by atoms with Crippen molar-refractivity contribution in [3.63, 3.8) is 0 Å². The van der Waals surface area contributed by atoms with Crippen molar-refractivity contribution in [2.24, 2.45) is 13.0 Å². The van der Waals surface area contributed by atoms with Crippen LogP contribution in [-0.4, -0.2) is 22.6 Å². The molecule has 2 atom stereocenters. The molecule has 1 aromatic rings. The highest BCUT2D eigenvalue weighted by Crippen LogP contribution is 2.29. The Kier molecular flexibility index (Phi) is 2.82. The zero-order chi connectivity index (χ0) is 9.97. The number of piperidine rings is 1. The third kappa shape index (κ3) is 1.80. The summed E-state index contributed by atoms with van der Waals surface area (Å²) in [5.74, 6) is 0.642. The molecule has 0 bridgehead atoms. The van der Waals surface area contributed by atoms with E-state index in [1.165, 1.54) is 0 Å². The lowest BCUT2D eigenvalue weighted by Gasteiger charge is -2.25. The van der Waals surface area contributed by atoms with Crippen LogP contribution in [0.1, 0.15) is 24.8 Å². The second-order valence-electron chi connectivity index (χ2n) is 3.90. The Morgan fingerprint density at radius 1 is 1.71 bits per heavy atom. The number of aromatic nitrogens is 2. The van der Waals surface area contributed by atoms with E-state index in [4.69, 9.17) is 0 Å². The van der Waals surface area contributed by atoms with Gasteiger partial charge in [0.2, 0.25) is 0 Å². The summed E-state index contributed by atoms with van der Waals surface area (Å²) in [6.07, 6.45) is 4.54. The Bertz CT molecular complexity index is 291. The fraction of sp³-hybridized carbons (Fsp3) is 0.700. The lowest BCUT2D eigenvalue weighted by molar-refractivity contribution is 0.182. The molecule has 1 saturated heterocycles. The number of hydrogen-bond donors (Lipinski definition) is 1. The Morgan fingerprint density at radius 2 is 2.57 bits per heavy atom. The van der Waals surface area contributed by atoms with Crippen molar-refractivity contribution in [1.82, 2.24) is 14.9 Å². The average molecular weight is 197 g/mol. The van der Waals surface area contributed by atoms with Crippen LogP contribution < -0.4 is 5.32 Å². The van der Waals surface area contributed by atoms with Gasteiger partial charge in [-0.2, -0.15) is 0 Å². The summed E-state index contributed by atoms with van der Waals surface area (Å²) in [6, 6.07) is 0. The van der Waals surface area contributed by atoms with Crippen LogP contribution in [0.4, 0.5) is 4.39 Å². The highest BCUT2D eigenvalue weighted by Gasteiger charge is 2.27. The van der Waals surface area contributed by atoms with Crippen LogP contribution in [-0.2, 0) is 7.05 Å². The Hall–Kier alpha value is -0.900. The van der Waals surface area contributed by atoms with Crippen LogP contribution in [0.2, 0.25) is 0 Å². The van der Waals surface area contributed by atoms with E-state index in [0.29, 0.717) is 5.82 Å². The van der Waals surface area contributed by atoms with E-state index in [9.17, 15) is 4.39 Å². The van der Waals surface area contributed by atoms with Crippen molar-refractivity contribution in [2.45, 2.75) is 19.0 Å². The van der Waals surface area contributed by atoms with Crippen LogP contribution in [0.3, 0.4) is 0 Å². The fourth-order valence-electron chi connectivity index (χ4n) is 1.98. The molecule has 1 aromatic heterocycles. The first-order valence-electron chi connectivity index (χ1n) is 5.11. The van der Waals surface area contributed by atoms with E-state index in [1.807, 2.05) is 7.05 Å². The zero-order valence-corrected chi connectivity index (χ0v) is 8.41. The van der Waals surface area contributed by atoms with Gasteiger partial charge in [0.15, 0.2) is 6.17 Å². The first kappa shape index (κ1) is 9.65. The van der Waals surface area contributed by atoms with E-state index in [-0.39, 0.29) is 5.92 Å². The van der Waals surface area contributed by atoms with Gasteiger partial charge in [0.25, 0.3) is 0 Å². The molecule has 4 heteroatoms. The monoisotopic (exact) mass is 197 g/mol. The molecule has 0 radical (unpaired) electrons. The van der Waals surface area contributed by atoms with Gasteiger partial charge >= 0.3 is 0 Å². The van der Waals surface area contributed by atoms with E-state index < -0.39 is 6.17 Å². The highest BCUT2D eigenvalue weighted by molar-refractivity contribution is 4.98. The number of aryl methyl sites for hydroxylation is 1. The minimum absolute atomic E-state index is 0.0878. The second kappa shape index (κ2) is 4.09. The largest absolute Gasteiger partial charge is 0.336 e. The van der Waals surface area contributed by atoms with E-state index >= 15 is 0 Å². The van der Waals surface area contributed by atoms with Crippen molar-refractivity contribution >= 4 is 0 Å². The third-order valence-electron chi connectivity index (χ3n) is 2.85. The molecule has 0 aromatic carbocycles. The van der Waals surface area contributed by atoms with Gasteiger partial charge in [0.05, 0.1) is 0 Å². The van der Waals surface area contributed by atoms with Crippen LogP contribution in [0.25, 0.3) is 0 Å². The van der Waals surface area contributed by atoms with Crippen molar-refractivity contribution < 1.29 is 4.39 Å². The van der Waals surface area contributed by atoms with Gasteiger partial charge in [-0.1, -0.05) is 0 Å². The summed E-state index contributed by atoms with van der Waals surface area (Å²) in [6.45, 7) is 1.79. The Labute approximate surface area is 83.3 Å². The van der Waals surface area contributed by atoms with Gasteiger partial charge < -0.3 is 9.88 Å². The second-order valence-corrected chi connectivity index (χ2v) is 3.90. The molecule has 2 unspecified atom stereocenters. The molecular formula is C10H16FN3. The molecule has 78 valence electrons. The third-order valence-corrected chi connectivity index (χ3v) is 2.85. The van der Waals surface area contributed by atoms with Gasteiger partial charge in [0.1, 0.15) is 5.82 Å². The molecule has 1 N–H and O–H groups in total. The summed E-state index contributed by atoms with van der Waals surface area (Å²) in [7, 11) is 1.84. The standard InChI is InChI=1S/C10H16FN3/c1-14-6-5-13-10(14)9(11)8-3-2-4-12-7-8/h5-6,8-9,12H,2-4,7H2,1H3. The molecular weight excluding hydrogens is 181 g/mol. The van der Waals surface area contributed by atoms with Gasteiger partial charge in [0, 0.05) is 31.9 Å². The number of imidazole rings is 1. The number of nitrogens with zero attached hydrogens (tertiary/aromatic N) is 2. The van der Waals surface area contributed by atoms with Crippen molar-refractivity contribution in [3.05, 3.63) is 18.2 Å². The van der Waals surface area contributed by atoms with Gasteiger partial charge in [-0.15, -0.1) is 0 Å². The maximum Gasteiger partial charge on any atom is 0.162 e. The van der Waals surface area contributed by atoms with Crippen LogP contribution in [0, 0.1) is 5.92 Å². The molecule has 1 aliphatic rings. The Morgan fingerprint density at radius 3 is 3.14 bits per heavy atom. The molecule has 2 heterocycles. The molecule has 0 saturated carbocycles. The topological polar surface area (TPSA) is 29.9 Å². The van der Waals surface area contributed by atoms with Gasteiger partial charge in [-0.25, -0.2) is 9.37 Å². The number of nitrogens with one attached hydrogen (secondary N) is 1. The SMILES string of the molecule is Cn1ccnc1C(F)C1CCCNC1. The molecule has 14 heavy (non-hydrogen) atoms. The number of hydrogen-bond acceptors (Lipinski definition) is 2. The average Bonchev–Trinajstić information content (AvgIpc) is 2.65. The smallest absolute Gasteiger partial charge is 0.162 e. The maximum atomic E-state index is 14.0. The van der Waals surface area contributed by atoms with E-state index in [2.05, 4.69) is 10.3 Å². The number of alkyl halides is 1. The Balaban J connectivity index is 2.07. The number of rotatable bonds is 2. The van der Waals surface area contributed by atoms with Crippen molar-refractivity contribution in [3.8, 4) is 0 Å². The summed E-state index contributed by atoms with van der Waals surface area (Å²) in [4.78, 5) is 4.05. The summed E-state index contributed by atoms with van der Waals surface area (Å²) >= 11 is 0. The molecule has 0 amide bonds.